The second-order valence-electron chi connectivity index (χ2n) is 5.06. The van der Waals surface area contributed by atoms with Gasteiger partial charge in [-0.1, -0.05) is 36.0 Å². The molecule has 1 amide bonds. The lowest BCUT2D eigenvalue weighted by Gasteiger charge is -2.17. The Balaban J connectivity index is 1.95. The van der Waals surface area contributed by atoms with Crippen LogP contribution in [-0.2, 0) is 11.3 Å². The van der Waals surface area contributed by atoms with Crippen LogP contribution in [-0.4, -0.2) is 33.5 Å². The molecule has 0 radical (unpaired) electrons. The molecule has 1 aromatic carbocycles. The number of carbonyl (C=O) groups is 1. The average Bonchev–Trinajstić information content (AvgIpc) is 2.93. The lowest BCUT2D eigenvalue weighted by Crippen LogP contribution is -2.28. The lowest BCUT2D eigenvalue weighted by atomic mass is 10.1. The standard InChI is InChI=1S/C16H21N5O2S/c1-4-9-21-15(17)19-20-16(21)24-10-14(22)18-11(2)12-7-5-6-8-13(12)23-3/h4-8,11H,1,9-10H2,2-3H3,(H2,17,19)(H,18,22). The number of benzene rings is 1. The molecule has 8 heteroatoms. The van der Waals surface area contributed by atoms with E-state index in [1.807, 2.05) is 31.2 Å². The smallest absolute Gasteiger partial charge is 0.230 e. The van der Waals surface area contributed by atoms with Gasteiger partial charge in [0, 0.05) is 12.1 Å². The predicted molar refractivity (Wildman–Crippen MR) is 94.9 cm³/mol. The van der Waals surface area contributed by atoms with Crippen LogP contribution in [0, 0.1) is 0 Å². The Morgan fingerprint density at radius 2 is 2.25 bits per heavy atom. The SMILES string of the molecule is C=CCn1c(N)nnc1SCC(=O)NC(C)c1ccccc1OC. The van der Waals surface area contributed by atoms with E-state index in [2.05, 4.69) is 22.1 Å². The first-order valence-corrected chi connectivity index (χ1v) is 8.40. The molecule has 2 aromatic rings. The summed E-state index contributed by atoms with van der Waals surface area (Å²) in [5, 5.41) is 11.3. The molecule has 1 atom stereocenters. The number of hydrogen-bond donors (Lipinski definition) is 2. The number of amides is 1. The molecule has 0 aliphatic rings. The Kier molecular flexibility index (Phi) is 6.25. The summed E-state index contributed by atoms with van der Waals surface area (Å²) in [7, 11) is 1.61. The zero-order chi connectivity index (χ0) is 17.5. The number of thioether (sulfide) groups is 1. The number of ether oxygens (including phenoxy) is 1. The molecule has 0 spiro atoms. The second-order valence-corrected chi connectivity index (χ2v) is 6.00. The van der Waals surface area contributed by atoms with Gasteiger partial charge >= 0.3 is 0 Å². The van der Waals surface area contributed by atoms with Crippen molar-refractivity contribution in [3.05, 3.63) is 42.5 Å². The highest BCUT2D eigenvalue weighted by Gasteiger charge is 2.15. The van der Waals surface area contributed by atoms with Gasteiger partial charge in [-0.15, -0.1) is 16.8 Å². The number of hydrogen-bond acceptors (Lipinski definition) is 6. The number of anilines is 1. The number of methoxy groups -OCH3 is 1. The largest absolute Gasteiger partial charge is 0.496 e. The molecule has 0 saturated heterocycles. The lowest BCUT2D eigenvalue weighted by molar-refractivity contribution is -0.119. The summed E-state index contributed by atoms with van der Waals surface area (Å²) in [5.41, 5.74) is 6.66. The van der Waals surface area contributed by atoms with Gasteiger partial charge in [0.2, 0.25) is 11.9 Å². The molecule has 2 rings (SSSR count). The summed E-state index contributed by atoms with van der Waals surface area (Å²) in [4.78, 5) is 12.2. The Hall–Kier alpha value is -2.48. The number of para-hydroxylation sites is 1. The summed E-state index contributed by atoms with van der Waals surface area (Å²) in [6.07, 6.45) is 1.70. The van der Waals surface area contributed by atoms with Gasteiger partial charge in [0.15, 0.2) is 5.16 Å². The minimum absolute atomic E-state index is 0.106. The van der Waals surface area contributed by atoms with Gasteiger partial charge in [-0.05, 0) is 13.0 Å². The molecule has 0 aliphatic carbocycles. The van der Waals surface area contributed by atoms with Gasteiger partial charge in [0.1, 0.15) is 5.75 Å². The normalized spacial score (nSPS) is 11.8. The molecule has 1 aromatic heterocycles. The third-order valence-corrected chi connectivity index (χ3v) is 4.34. The highest BCUT2D eigenvalue weighted by molar-refractivity contribution is 7.99. The number of allylic oxidation sites excluding steroid dienone is 1. The first kappa shape index (κ1) is 17.9. The Morgan fingerprint density at radius 3 is 2.96 bits per heavy atom. The fourth-order valence-corrected chi connectivity index (χ4v) is 2.99. The van der Waals surface area contributed by atoms with Crippen LogP contribution in [0.3, 0.4) is 0 Å². The summed E-state index contributed by atoms with van der Waals surface area (Å²) in [6.45, 7) is 6.09. The number of nitrogens with one attached hydrogen (secondary N) is 1. The summed E-state index contributed by atoms with van der Waals surface area (Å²) < 4.78 is 7.02. The van der Waals surface area contributed by atoms with E-state index < -0.39 is 0 Å². The summed E-state index contributed by atoms with van der Waals surface area (Å²) in [5.74, 6) is 1.16. The fraction of sp³-hybridized carbons (Fsp3) is 0.312. The van der Waals surface area contributed by atoms with Crippen LogP contribution in [0.25, 0.3) is 0 Å². The maximum atomic E-state index is 12.2. The van der Waals surface area contributed by atoms with Crippen molar-refractivity contribution in [2.45, 2.75) is 24.7 Å². The monoisotopic (exact) mass is 347 g/mol. The fourth-order valence-electron chi connectivity index (χ4n) is 2.22. The summed E-state index contributed by atoms with van der Waals surface area (Å²) >= 11 is 1.28. The average molecular weight is 347 g/mol. The molecule has 128 valence electrons. The van der Waals surface area contributed by atoms with E-state index in [4.69, 9.17) is 10.5 Å². The molecule has 0 saturated carbocycles. The maximum absolute atomic E-state index is 12.2. The first-order chi connectivity index (χ1) is 11.6. The van der Waals surface area contributed by atoms with Crippen molar-refractivity contribution < 1.29 is 9.53 Å². The number of aromatic nitrogens is 3. The summed E-state index contributed by atoms with van der Waals surface area (Å²) in [6, 6.07) is 7.44. The molecule has 1 heterocycles. The van der Waals surface area contributed by atoms with E-state index in [1.165, 1.54) is 11.8 Å². The second kappa shape index (κ2) is 8.39. The van der Waals surface area contributed by atoms with E-state index in [1.54, 1.807) is 17.8 Å². The molecule has 1 unspecified atom stereocenters. The molecule has 24 heavy (non-hydrogen) atoms. The maximum Gasteiger partial charge on any atom is 0.230 e. The number of nitrogen functional groups attached to an aromatic ring is 1. The zero-order valence-electron chi connectivity index (χ0n) is 13.7. The molecular formula is C16H21N5O2S. The van der Waals surface area contributed by atoms with E-state index in [-0.39, 0.29) is 17.7 Å². The van der Waals surface area contributed by atoms with Crippen molar-refractivity contribution in [3.8, 4) is 5.75 Å². The molecule has 0 bridgehead atoms. The van der Waals surface area contributed by atoms with Crippen LogP contribution in [0.5, 0.6) is 5.75 Å². The predicted octanol–water partition coefficient (Wildman–Crippen LogP) is 2.02. The van der Waals surface area contributed by atoms with E-state index in [0.717, 1.165) is 11.3 Å². The quantitative estimate of drug-likeness (QED) is 0.560. The third kappa shape index (κ3) is 4.29. The van der Waals surface area contributed by atoms with Gasteiger partial charge in [-0.2, -0.15) is 0 Å². The molecule has 3 N–H and O–H groups in total. The van der Waals surface area contributed by atoms with Crippen LogP contribution in [0.4, 0.5) is 5.95 Å². The van der Waals surface area contributed by atoms with E-state index in [0.29, 0.717) is 17.6 Å². The Labute approximate surface area is 145 Å². The van der Waals surface area contributed by atoms with Gasteiger partial charge in [-0.25, -0.2) is 0 Å². The van der Waals surface area contributed by atoms with Crippen LogP contribution in [0.2, 0.25) is 0 Å². The molecular weight excluding hydrogens is 326 g/mol. The highest BCUT2D eigenvalue weighted by atomic mass is 32.2. The van der Waals surface area contributed by atoms with E-state index in [9.17, 15) is 4.79 Å². The van der Waals surface area contributed by atoms with E-state index >= 15 is 0 Å². The minimum Gasteiger partial charge on any atom is -0.496 e. The minimum atomic E-state index is -0.162. The van der Waals surface area contributed by atoms with Crippen molar-refractivity contribution in [1.82, 2.24) is 20.1 Å². The van der Waals surface area contributed by atoms with Gasteiger partial charge in [0.25, 0.3) is 0 Å². The van der Waals surface area contributed by atoms with Gasteiger partial charge in [-0.3, -0.25) is 9.36 Å². The molecule has 7 nitrogen and oxygen atoms in total. The molecule has 0 fully saturated rings. The first-order valence-electron chi connectivity index (χ1n) is 7.41. The van der Waals surface area contributed by atoms with Crippen molar-refractivity contribution in [1.29, 1.82) is 0 Å². The van der Waals surface area contributed by atoms with Gasteiger partial charge in [0.05, 0.1) is 18.9 Å². The Morgan fingerprint density at radius 1 is 1.50 bits per heavy atom. The highest BCUT2D eigenvalue weighted by Crippen LogP contribution is 2.24. The van der Waals surface area contributed by atoms with Crippen LogP contribution >= 0.6 is 11.8 Å². The van der Waals surface area contributed by atoms with Crippen LogP contribution in [0.15, 0.2) is 42.1 Å². The number of rotatable bonds is 8. The topological polar surface area (TPSA) is 95.1 Å². The van der Waals surface area contributed by atoms with Crippen molar-refractivity contribution in [2.24, 2.45) is 0 Å². The van der Waals surface area contributed by atoms with Crippen molar-refractivity contribution in [2.75, 3.05) is 18.6 Å². The van der Waals surface area contributed by atoms with Crippen molar-refractivity contribution in [3.63, 3.8) is 0 Å². The third-order valence-electron chi connectivity index (χ3n) is 3.37. The van der Waals surface area contributed by atoms with Crippen LogP contribution in [0.1, 0.15) is 18.5 Å². The van der Waals surface area contributed by atoms with Crippen molar-refractivity contribution >= 4 is 23.6 Å². The van der Waals surface area contributed by atoms with Gasteiger partial charge < -0.3 is 15.8 Å². The zero-order valence-corrected chi connectivity index (χ0v) is 14.5. The number of nitrogens with two attached hydrogens (primary N) is 1. The number of nitrogens with zero attached hydrogens (tertiary/aromatic N) is 3. The Bertz CT molecular complexity index is 716. The number of carbonyl (C=O) groups excluding carboxylic acids is 1. The van der Waals surface area contributed by atoms with Crippen LogP contribution < -0.4 is 15.8 Å². The molecule has 0 aliphatic heterocycles.